The molecular weight excluding hydrogens is 320 g/mol. The first-order valence-corrected chi connectivity index (χ1v) is 8.76. The van der Waals surface area contributed by atoms with Crippen molar-refractivity contribution < 1.29 is 18.8 Å². The zero-order valence-corrected chi connectivity index (χ0v) is 15.3. The first-order chi connectivity index (χ1) is 12.1. The van der Waals surface area contributed by atoms with E-state index in [0.29, 0.717) is 53.8 Å². The Labute approximate surface area is 148 Å². The fraction of sp³-hybridized carbons (Fsp3) is 0.474. The molecule has 25 heavy (non-hydrogen) atoms. The molecule has 2 aromatic rings. The van der Waals surface area contributed by atoms with Crippen molar-refractivity contribution in [3.05, 3.63) is 35.2 Å². The molecule has 1 aromatic carbocycles. The molecule has 0 aliphatic carbocycles. The number of anilines is 1. The maximum atomic E-state index is 12.6. The topological polar surface area (TPSA) is 73.6 Å². The molecule has 1 amide bonds. The Hall–Kier alpha value is -2.50. The summed E-state index contributed by atoms with van der Waals surface area (Å²) in [5.74, 6) is 1.59. The van der Waals surface area contributed by atoms with Crippen molar-refractivity contribution in [2.45, 2.75) is 47.0 Å². The van der Waals surface area contributed by atoms with Crippen molar-refractivity contribution in [1.82, 2.24) is 5.16 Å². The van der Waals surface area contributed by atoms with Gasteiger partial charge >= 0.3 is 0 Å². The van der Waals surface area contributed by atoms with Gasteiger partial charge in [-0.05, 0) is 38.3 Å². The molecule has 1 aromatic heterocycles. The molecule has 0 aliphatic heterocycles. The summed E-state index contributed by atoms with van der Waals surface area (Å²) in [4.78, 5) is 12.6. The number of hydrogen-bond donors (Lipinski definition) is 1. The lowest BCUT2D eigenvalue weighted by Gasteiger charge is -2.14. The molecule has 0 unspecified atom stereocenters. The summed E-state index contributed by atoms with van der Waals surface area (Å²) in [5, 5.41) is 6.81. The van der Waals surface area contributed by atoms with E-state index >= 15 is 0 Å². The maximum absolute atomic E-state index is 12.6. The molecule has 0 aliphatic rings. The van der Waals surface area contributed by atoms with Crippen molar-refractivity contribution in [1.29, 1.82) is 0 Å². The first kappa shape index (κ1) is 18.8. The monoisotopic (exact) mass is 346 g/mol. The van der Waals surface area contributed by atoms with Crippen molar-refractivity contribution in [2.75, 3.05) is 18.5 Å². The van der Waals surface area contributed by atoms with Crippen LogP contribution in [0.3, 0.4) is 0 Å². The van der Waals surface area contributed by atoms with Crippen molar-refractivity contribution in [2.24, 2.45) is 0 Å². The number of hydrogen-bond acceptors (Lipinski definition) is 5. The summed E-state index contributed by atoms with van der Waals surface area (Å²) in [6.07, 6.45) is 2.44. The summed E-state index contributed by atoms with van der Waals surface area (Å²) < 4.78 is 16.6. The van der Waals surface area contributed by atoms with Crippen LogP contribution in [0.4, 0.5) is 5.69 Å². The van der Waals surface area contributed by atoms with Gasteiger partial charge in [-0.2, -0.15) is 0 Å². The number of carbonyl (C=O) groups excluding carboxylic acids is 1. The zero-order chi connectivity index (χ0) is 18.2. The molecule has 0 atom stereocenters. The highest BCUT2D eigenvalue weighted by Gasteiger charge is 2.19. The SMILES string of the molecule is CCCOc1ccc(NC(=O)c2c(CC)noc2C)cc1OCCC. The molecule has 2 rings (SSSR count). The third-order valence-corrected chi connectivity index (χ3v) is 3.62. The number of rotatable bonds is 9. The fourth-order valence-electron chi connectivity index (χ4n) is 2.39. The van der Waals surface area contributed by atoms with Crippen molar-refractivity contribution in [3.8, 4) is 11.5 Å². The molecule has 0 fully saturated rings. The quantitative estimate of drug-likeness (QED) is 0.729. The van der Waals surface area contributed by atoms with Gasteiger partial charge in [0.1, 0.15) is 11.3 Å². The molecule has 6 nitrogen and oxygen atoms in total. The molecular formula is C19H26N2O4. The van der Waals surface area contributed by atoms with E-state index in [1.807, 2.05) is 26.8 Å². The van der Waals surface area contributed by atoms with Gasteiger partial charge in [0, 0.05) is 11.8 Å². The normalized spacial score (nSPS) is 10.6. The standard InChI is InChI=1S/C19H26N2O4/c1-5-10-23-16-9-8-14(12-17(16)24-11-6-2)20-19(22)18-13(4)25-21-15(18)7-3/h8-9,12H,5-7,10-11H2,1-4H3,(H,20,22). The Morgan fingerprint density at radius 1 is 1.12 bits per heavy atom. The molecule has 0 spiro atoms. The van der Waals surface area contributed by atoms with Crippen LogP contribution in [-0.4, -0.2) is 24.3 Å². The summed E-state index contributed by atoms with van der Waals surface area (Å²) in [7, 11) is 0. The Kier molecular flexibility index (Phi) is 6.86. The van der Waals surface area contributed by atoms with Crippen LogP contribution in [0.5, 0.6) is 11.5 Å². The van der Waals surface area contributed by atoms with Gasteiger partial charge in [-0.15, -0.1) is 0 Å². The Morgan fingerprint density at radius 3 is 2.44 bits per heavy atom. The summed E-state index contributed by atoms with van der Waals surface area (Å²) in [6.45, 7) is 8.97. The number of nitrogens with zero attached hydrogens (tertiary/aromatic N) is 1. The minimum Gasteiger partial charge on any atom is -0.490 e. The van der Waals surface area contributed by atoms with Gasteiger partial charge in [-0.3, -0.25) is 4.79 Å². The van der Waals surface area contributed by atoms with Crippen LogP contribution in [0.25, 0.3) is 0 Å². The van der Waals surface area contributed by atoms with Crippen LogP contribution in [-0.2, 0) is 6.42 Å². The van der Waals surface area contributed by atoms with Gasteiger partial charge in [0.15, 0.2) is 11.5 Å². The number of benzene rings is 1. The molecule has 0 saturated carbocycles. The lowest BCUT2D eigenvalue weighted by Crippen LogP contribution is -2.14. The highest BCUT2D eigenvalue weighted by atomic mass is 16.5. The maximum Gasteiger partial charge on any atom is 0.261 e. The first-order valence-electron chi connectivity index (χ1n) is 8.76. The predicted molar refractivity (Wildman–Crippen MR) is 96.6 cm³/mol. The Balaban J connectivity index is 2.20. The average molecular weight is 346 g/mol. The third-order valence-electron chi connectivity index (χ3n) is 3.62. The van der Waals surface area contributed by atoms with Gasteiger partial charge < -0.3 is 19.3 Å². The molecule has 136 valence electrons. The highest BCUT2D eigenvalue weighted by Crippen LogP contribution is 2.31. The van der Waals surface area contributed by atoms with Crippen LogP contribution >= 0.6 is 0 Å². The second-order valence-corrected chi connectivity index (χ2v) is 5.73. The molecule has 0 bridgehead atoms. The second kappa shape index (κ2) is 9.11. The molecule has 0 saturated heterocycles. The van der Waals surface area contributed by atoms with E-state index in [-0.39, 0.29) is 5.91 Å². The van der Waals surface area contributed by atoms with Gasteiger partial charge in [0.25, 0.3) is 5.91 Å². The predicted octanol–water partition coefficient (Wildman–Crippen LogP) is 4.38. The van der Waals surface area contributed by atoms with Gasteiger partial charge in [-0.25, -0.2) is 0 Å². The van der Waals surface area contributed by atoms with Gasteiger partial charge in [0.2, 0.25) is 0 Å². The Bertz CT molecular complexity index is 709. The number of ether oxygens (including phenoxy) is 2. The second-order valence-electron chi connectivity index (χ2n) is 5.73. The minimum absolute atomic E-state index is 0.237. The summed E-state index contributed by atoms with van der Waals surface area (Å²) >= 11 is 0. The molecule has 0 radical (unpaired) electrons. The average Bonchev–Trinajstić information content (AvgIpc) is 2.99. The van der Waals surface area contributed by atoms with Crippen LogP contribution in [0, 0.1) is 6.92 Å². The minimum atomic E-state index is -0.237. The van der Waals surface area contributed by atoms with Crippen LogP contribution in [0.2, 0.25) is 0 Å². The van der Waals surface area contributed by atoms with E-state index in [9.17, 15) is 4.79 Å². The lowest BCUT2D eigenvalue weighted by atomic mass is 10.1. The van der Waals surface area contributed by atoms with Crippen LogP contribution in [0.15, 0.2) is 22.7 Å². The fourth-order valence-corrected chi connectivity index (χ4v) is 2.39. The number of nitrogens with one attached hydrogen (secondary N) is 1. The Morgan fingerprint density at radius 2 is 1.80 bits per heavy atom. The highest BCUT2D eigenvalue weighted by molar-refractivity contribution is 6.05. The summed E-state index contributed by atoms with van der Waals surface area (Å²) in [6, 6.07) is 5.40. The van der Waals surface area contributed by atoms with Gasteiger partial charge in [-0.1, -0.05) is 25.9 Å². The van der Waals surface area contributed by atoms with E-state index in [1.165, 1.54) is 0 Å². The van der Waals surface area contributed by atoms with Crippen LogP contribution in [0.1, 0.15) is 55.4 Å². The van der Waals surface area contributed by atoms with E-state index in [1.54, 1.807) is 19.1 Å². The third kappa shape index (κ3) is 4.75. The number of amides is 1. The van der Waals surface area contributed by atoms with E-state index in [4.69, 9.17) is 14.0 Å². The van der Waals surface area contributed by atoms with Crippen LogP contribution < -0.4 is 14.8 Å². The largest absolute Gasteiger partial charge is 0.490 e. The molecule has 1 N–H and O–H groups in total. The van der Waals surface area contributed by atoms with Gasteiger partial charge in [0.05, 0.1) is 18.9 Å². The van der Waals surface area contributed by atoms with E-state index in [2.05, 4.69) is 10.5 Å². The number of aryl methyl sites for hydroxylation is 2. The van der Waals surface area contributed by atoms with Crippen molar-refractivity contribution in [3.63, 3.8) is 0 Å². The van der Waals surface area contributed by atoms with E-state index in [0.717, 1.165) is 12.8 Å². The van der Waals surface area contributed by atoms with Crippen molar-refractivity contribution >= 4 is 11.6 Å². The smallest absolute Gasteiger partial charge is 0.261 e. The zero-order valence-electron chi connectivity index (χ0n) is 15.3. The number of carbonyl (C=O) groups is 1. The number of aromatic nitrogens is 1. The lowest BCUT2D eigenvalue weighted by molar-refractivity contribution is 0.102. The van der Waals surface area contributed by atoms with E-state index < -0.39 is 0 Å². The molecule has 1 heterocycles. The molecule has 6 heteroatoms. The summed E-state index contributed by atoms with van der Waals surface area (Å²) in [5.41, 5.74) is 1.78.